The molecule has 1 saturated heterocycles. The minimum Gasteiger partial charge on any atom is -0.383 e. The average Bonchev–Trinajstić information content (AvgIpc) is 2.61. The molecule has 1 aliphatic heterocycles. The van der Waals surface area contributed by atoms with E-state index in [1.54, 1.807) is 0 Å². The maximum Gasteiger partial charge on any atom is 0.139 e. The Balaban J connectivity index is 2.11. The number of hydrogen-bond acceptors (Lipinski definition) is 4. The van der Waals surface area contributed by atoms with Crippen LogP contribution in [0.25, 0.3) is 0 Å². The van der Waals surface area contributed by atoms with Gasteiger partial charge in [0.25, 0.3) is 0 Å². The first-order valence-corrected chi connectivity index (χ1v) is 5.41. The highest BCUT2D eigenvalue weighted by Crippen LogP contribution is 2.31. The summed E-state index contributed by atoms with van der Waals surface area (Å²) >= 11 is 1.50. The van der Waals surface area contributed by atoms with E-state index in [-0.39, 0.29) is 0 Å². The fourth-order valence-corrected chi connectivity index (χ4v) is 2.43. The van der Waals surface area contributed by atoms with E-state index in [4.69, 9.17) is 5.73 Å². The number of nitrogen functional groups attached to an aromatic ring is 1. The molecular formula is C9H15N3S. The van der Waals surface area contributed by atoms with Crippen molar-refractivity contribution in [3.63, 3.8) is 0 Å². The Kier molecular flexibility index (Phi) is 2.15. The van der Waals surface area contributed by atoms with Crippen molar-refractivity contribution >= 4 is 22.4 Å². The minimum atomic E-state index is 0.646. The Morgan fingerprint density at radius 3 is 2.54 bits per heavy atom. The molecule has 72 valence electrons. The van der Waals surface area contributed by atoms with E-state index < -0.39 is 0 Å². The van der Waals surface area contributed by atoms with Gasteiger partial charge in [-0.25, -0.2) is 0 Å². The molecule has 0 spiro atoms. The van der Waals surface area contributed by atoms with E-state index in [1.807, 2.05) is 6.07 Å². The Hall–Kier alpha value is -0.770. The van der Waals surface area contributed by atoms with E-state index in [0.29, 0.717) is 5.82 Å². The molecular weight excluding hydrogens is 182 g/mol. The lowest BCUT2D eigenvalue weighted by molar-refractivity contribution is 0.494. The van der Waals surface area contributed by atoms with Crippen LogP contribution in [0, 0.1) is 11.8 Å². The molecule has 1 aromatic rings. The van der Waals surface area contributed by atoms with E-state index in [9.17, 15) is 0 Å². The first-order valence-electron chi connectivity index (χ1n) is 4.64. The normalized spacial score (nSPS) is 28.3. The standard InChI is InChI=1S/C9H15N3S/c1-6-4-12(5-7(6)2)9-3-8(10)11-13-9/h3,6-7H,4-5H2,1-2H3,(H2,10,11). The van der Waals surface area contributed by atoms with Crippen LogP contribution in [0.2, 0.25) is 0 Å². The van der Waals surface area contributed by atoms with Crippen molar-refractivity contribution in [1.82, 2.24) is 4.37 Å². The van der Waals surface area contributed by atoms with Crippen molar-refractivity contribution in [3.05, 3.63) is 6.07 Å². The predicted octanol–water partition coefficient (Wildman–Crippen LogP) is 1.82. The van der Waals surface area contributed by atoms with Crippen molar-refractivity contribution in [2.75, 3.05) is 23.7 Å². The van der Waals surface area contributed by atoms with Gasteiger partial charge in [0.15, 0.2) is 0 Å². The van der Waals surface area contributed by atoms with Crippen molar-refractivity contribution in [3.8, 4) is 0 Å². The molecule has 1 aromatic heterocycles. The maximum absolute atomic E-state index is 5.59. The number of anilines is 2. The summed E-state index contributed by atoms with van der Waals surface area (Å²) in [5, 5.41) is 1.22. The first-order chi connectivity index (χ1) is 6.16. The average molecular weight is 197 g/mol. The highest BCUT2D eigenvalue weighted by molar-refractivity contribution is 7.10. The fourth-order valence-electron chi connectivity index (χ4n) is 1.74. The molecule has 0 aromatic carbocycles. The largest absolute Gasteiger partial charge is 0.383 e. The summed E-state index contributed by atoms with van der Waals surface area (Å²) in [7, 11) is 0. The maximum atomic E-state index is 5.59. The summed E-state index contributed by atoms with van der Waals surface area (Å²) in [5.74, 6) is 2.21. The van der Waals surface area contributed by atoms with E-state index in [1.165, 1.54) is 16.5 Å². The number of hydrogen-bond donors (Lipinski definition) is 1. The van der Waals surface area contributed by atoms with Gasteiger partial charge in [0.2, 0.25) is 0 Å². The summed E-state index contributed by atoms with van der Waals surface area (Å²) in [5.41, 5.74) is 5.59. The van der Waals surface area contributed by atoms with Crippen LogP contribution >= 0.6 is 11.5 Å². The second-order valence-electron chi connectivity index (χ2n) is 3.95. The number of nitrogens with two attached hydrogens (primary N) is 1. The van der Waals surface area contributed by atoms with Gasteiger partial charge in [0.05, 0.1) is 0 Å². The summed E-state index contributed by atoms with van der Waals surface area (Å²) < 4.78 is 4.09. The molecule has 0 saturated carbocycles. The van der Waals surface area contributed by atoms with Crippen molar-refractivity contribution in [2.24, 2.45) is 11.8 Å². The quantitative estimate of drug-likeness (QED) is 0.746. The lowest BCUT2D eigenvalue weighted by Crippen LogP contribution is -2.18. The molecule has 3 nitrogen and oxygen atoms in total. The van der Waals surface area contributed by atoms with Gasteiger partial charge in [0, 0.05) is 19.2 Å². The molecule has 0 bridgehead atoms. The van der Waals surface area contributed by atoms with Crippen LogP contribution < -0.4 is 10.6 Å². The van der Waals surface area contributed by atoms with E-state index >= 15 is 0 Å². The van der Waals surface area contributed by atoms with E-state index in [2.05, 4.69) is 23.1 Å². The Morgan fingerprint density at radius 2 is 2.08 bits per heavy atom. The molecule has 0 aliphatic carbocycles. The van der Waals surface area contributed by atoms with Gasteiger partial charge in [-0.2, -0.15) is 4.37 Å². The summed E-state index contributed by atoms with van der Waals surface area (Å²) in [4.78, 5) is 2.38. The van der Waals surface area contributed by atoms with Gasteiger partial charge in [-0.05, 0) is 23.4 Å². The van der Waals surface area contributed by atoms with Crippen molar-refractivity contribution in [1.29, 1.82) is 0 Å². The molecule has 2 unspecified atom stereocenters. The van der Waals surface area contributed by atoms with E-state index in [0.717, 1.165) is 24.9 Å². The van der Waals surface area contributed by atoms with Crippen LogP contribution in [0.3, 0.4) is 0 Å². The SMILES string of the molecule is CC1CN(c2cc(N)ns2)CC1C. The second-order valence-corrected chi connectivity index (χ2v) is 4.73. The van der Waals surface area contributed by atoms with Crippen molar-refractivity contribution in [2.45, 2.75) is 13.8 Å². The third kappa shape index (κ3) is 1.63. The number of rotatable bonds is 1. The van der Waals surface area contributed by atoms with Gasteiger partial charge in [-0.3, -0.25) is 0 Å². The second kappa shape index (κ2) is 3.18. The van der Waals surface area contributed by atoms with Crippen LogP contribution in [-0.2, 0) is 0 Å². The van der Waals surface area contributed by atoms with Gasteiger partial charge in [-0.1, -0.05) is 13.8 Å². The zero-order chi connectivity index (χ0) is 9.42. The van der Waals surface area contributed by atoms with Gasteiger partial charge in [0.1, 0.15) is 10.8 Å². The van der Waals surface area contributed by atoms with Crippen LogP contribution in [0.5, 0.6) is 0 Å². The molecule has 1 aliphatic rings. The monoisotopic (exact) mass is 197 g/mol. The Labute approximate surface area is 82.7 Å². The molecule has 2 N–H and O–H groups in total. The van der Waals surface area contributed by atoms with Crippen molar-refractivity contribution < 1.29 is 0 Å². The molecule has 4 heteroatoms. The molecule has 13 heavy (non-hydrogen) atoms. The third-order valence-electron chi connectivity index (χ3n) is 2.82. The predicted molar refractivity (Wildman–Crippen MR) is 57.1 cm³/mol. The number of nitrogens with zero attached hydrogens (tertiary/aromatic N) is 2. The Bertz CT molecular complexity index is 287. The highest BCUT2D eigenvalue weighted by Gasteiger charge is 2.26. The molecule has 1 fully saturated rings. The topological polar surface area (TPSA) is 42.1 Å². The Morgan fingerprint density at radius 1 is 1.46 bits per heavy atom. The molecule has 0 radical (unpaired) electrons. The van der Waals surface area contributed by atoms with Crippen LogP contribution in [0.4, 0.5) is 10.8 Å². The molecule has 2 rings (SSSR count). The zero-order valence-electron chi connectivity index (χ0n) is 8.03. The van der Waals surface area contributed by atoms with Crippen LogP contribution in [-0.4, -0.2) is 17.5 Å². The summed E-state index contributed by atoms with van der Waals surface area (Å²) in [6, 6.07) is 1.97. The molecule has 0 amide bonds. The van der Waals surface area contributed by atoms with Crippen LogP contribution in [0.1, 0.15) is 13.8 Å². The first kappa shape index (κ1) is 8.81. The molecule has 2 atom stereocenters. The smallest absolute Gasteiger partial charge is 0.139 e. The van der Waals surface area contributed by atoms with Gasteiger partial charge < -0.3 is 10.6 Å². The minimum absolute atomic E-state index is 0.646. The summed E-state index contributed by atoms with van der Waals surface area (Å²) in [6.07, 6.45) is 0. The lowest BCUT2D eigenvalue weighted by Gasteiger charge is -2.13. The lowest BCUT2D eigenvalue weighted by atomic mass is 10.0. The van der Waals surface area contributed by atoms with Gasteiger partial charge >= 0.3 is 0 Å². The molecule has 2 heterocycles. The summed E-state index contributed by atoms with van der Waals surface area (Å²) in [6.45, 7) is 6.88. The fraction of sp³-hybridized carbons (Fsp3) is 0.667. The van der Waals surface area contributed by atoms with Gasteiger partial charge in [-0.15, -0.1) is 0 Å². The third-order valence-corrected chi connectivity index (χ3v) is 3.68. The van der Waals surface area contributed by atoms with Crippen LogP contribution in [0.15, 0.2) is 6.07 Å². The highest BCUT2D eigenvalue weighted by atomic mass is 32.1. The zero-order valence-corrected chi connectivity index (χ0v) is 8.84. The number of aromatic nitrogens is 1.